The fraction of sp³-hybridized carbons (Fsp3) is 0.632. The van der Waals surface area contributed by atoms with Crippen molar-refractivity contribution in [3.8, 4) is 5.75 Å². The van der Waals surface area contributed by atoms with Gasteiger partial charge in [0.2, 0.25) is 0 Å². The van der Waals surface area contributed by atoms with Crippen molar-refractivity contribution in [2.45, 2.75) is 12.8 Å². The Balaban J connectivity index is 1.80. The summed E-state index contributed by atoms with van der Waals surface area (Å²) in [5.41, 5.74) is 0.916. The fourth-order valence-electron chi connectivity index (χ4n) is 4.16. The number of nitrogens with zero attached hydrogens (tertiary/aromatic N) is 2. The van der Waals surface area contributed by atoms with Crippen LogP contribution in [0.25, 0.3) is 0 Å². The van der Waals surface area contributed by atoms with Crippen LogP contribution in [-0.4, -0.2) is 69.8 Å². The highest BCUT2D eigenvalue weighted by Crippen LogP contribution is 2.44. The third-order valence-electron chi connectivity index (χ3n) is 5.49. The number of carbonyl (C=O) groups excluding carboxylic acids is 1. The molecule has 1 aromatic rings. The molecule has 2 aliphatic rings. The topological polar surface area (TPSA) is 42.0 Å². The lowest BCUT2D eigenvalue weighted by atomic mass is 9.72. The van der Waals surface area contributed by atoms with Gasteiger partial charge in [0.05, 0.1) is 7.11 Å². The van der Waals surface area contributed by atoms with Gasteiger partial charge in [-0.05, 0) is 56.5 Å². The minimum Gasteiger partial charge on any atom is -0.497 e. The third-order valence-corrected chi connectivity index (χ3v) is 5.49. The zero-order chi connectivity index (χ0) is 17.2. The van der Waals surface area contributed by atoms with Crippen LogP contribution in [0.1, 0.15) is 23.2 Å². The van der Waals surface area contributed by atoms with Crippen LogP contribution in [0.5, 0.6) is 5.75 Å². The number of amides is 1. The van der Waals surface area contributed by atoms with E-state index in [0.29, 0.717) is 11.5 Å². The lowest BCUT2D eigenvalue weighted by Gasteiger charge is -2.38. The van der Waals surface area contributed by atoms with Crippen LogP contribution < -0.4 is 4.74 Å². The van der Waals surface area contributed by atoms with Crippen LogP contribution in [0.4, 0.5) is 0 Å². The Labute approximate surface area is 144 Å². The standard InChI is InChI=1S/C19H28N2O3/c1-20(2)12-16-13-21(14-19(16)7-9-24-10-8-19)18(22)15-5-4-6-17(11-15)23-3/h4-6,11,16H,7-10,12-14H2,1-3H3/t16-/m0/s1. The molecule has 1 spiro atoms. The molecular formula is C19H28N2O3. The number of benzene rings is 1. The first-order valence-corrected chi connectivity index (χ1v) is 8.70. The highest BCUT2D eigenvalue weighted by molar-refractivity contribution is 5.94. The Bertz CT molecular complexity index is 582. The van der Waals surface area contributed by atoms with E-state index < -0.39 is 0 Å². The number of rotatable bonds is 4. The molecule has 5 nitrogen and oxygen atoms in total. The van der Waals surface area contributed by atoms with Crippen molar-refractivity contribution in [1.82, 2.24) is 9.80 Å². The van der Waals surface area contributed by atoms with Gasteiger partial charge in [-0.25, -0.2) is 0 Å². The molecule has 0 aliphatic carbocycles. The monoisotopic (exact) mass is 332 g/mol. The van der Waals surface area contributed by atoms with E-state index in [0.717, 1.165) is 51.4 Å². The second-order valence-corrected chi connectivity index (χ2v) is 7.35. The Hall–Kier alpha value is -1.59. The zero-order valence-corrected chi connectivity index (χ0v) is 15.0. The molecule has 0 aromatic heterocycles. The molecule has 2 saturated heterocycles. The predicted octanol–water partition coefficient (Wildman–Crippen LogP) is 2.13. The van der Waals surface area contributed by atoms with Gasteiger partial charge in [0.25, 0.3) is 5.91 Å². The molecule has 0 unspecified atom stereocenters. The average molecular weight is 332 g/mol. The molecule has 2 fully saturated rings. The first kappa shape index (κ1) is 17.2. The van der Waals surface area contributed by atoms with Crippen LogP contribution >= 0.6 is 0 Å². The van der Waals surface area contributed by atoms with Crippen molar-refractivity contribution in [1.29, 1.82) is 0 Å². The van der Waals surface area contributed by atoms with Gasteiger partial charge in [0, 0.05) is 38.4 Å². The van der Waals surface area contributed by atoms with Crippen LogP contribution in [-0.2, 0) is 4.74 Å². The molecule has 0 bridgehead atoms. The molecule has 0 saturated carbocycles. The minimum absolute atomic E-state index is 0.112. The van der Waals surface area contributed by atoms with Crippen LogP contribution in [0.15, 0.2) is 24.3 Å². The molecule has 0 N–H and O–H groups in total. The van der Waals surface area contributed by atoms with Gasteiger partial charge in [-0.1, -0.05) is 6.07 Å². The highest BCUT2D eigenvalue weighted by Gasteiger charge is 2.48. The Kier molecular flexibility index (Phi) is 5.11. The van der Waals surface area contributed by atoms with E-state index in [9.17, 15) is 4.79 Å². The first-order valence-electron chi connectivity index (χ1n) is 8.70. The Morgan fingerprint density at radius 2 is 2.12 bits per heavy atom. The Morgan fingerprint density at radius 3 is 2.79 bits per heavy atom. The lowest BCUT2D eigenvalue weighted by Crippen LogP contribution is -2.40. The van der Waals surface area contributed by atoms with Crippen LogP contribution in [0, 0.1) is 11.3 Å². The summed E-state index contributed by atoms with van der Waals surface area (Å²) in [6.07, 6.45) is 2.10. The minimum atomic E-state index is 0.112. The van der Waals surface area contributed by atoms with E-state index in [1.807, 2.05) is 29.2 Å². The van der Waals surface area contributed by atoms with Crippen molar-refractivity contribution in [3.05, 3.63) is 29.8 Å². The maximum atomic E-state index is 13.0. The molecule has 2 aliphatic heterocycles. The van der Waals surface area contributed by atoms with Crippen molar-refractivity contribution < 1.29 is 14.3 Å². The number of ether oxygens (including phenoxy) is 2. The quantitative estimate of drug-likeness (QED) is 0.847. The van der Waals surface area contributed by atoms with Crippen molar-refractivity contribution >= 4 is 5.91 Å². The molecule has 132 valence electrons. The summed E-state index contributed by atoms with van der Waals surface area (Å²) in [5.74, 6) is 1.35. The van der Waals surface area contributed by atoms with E-state index in [2.05, 4.69) is 19.0 Å². The van der Waals surface area contributed by atoms with Gasteiger partial charge in [-0.3, -0.25) is 4.79 Å². The molecule has 1 amide bonds. The number of carbonyl (C=O) groups is 1. The summed E-state index contributed by atoms with van der Waals surface area (Å²) >= 11 is 0. The van der Waals surface area contributed by atoms with Crippen LogP contribution in [0.2, 0.25) is 0 Å². The maximum absolute atomic E-state index is 13.0. The number of hydrogen-bond donors (Lipinski definition) is 0. The Morgan fingerprint density at radius 1 is 1.38 bits per heavy atom. The maximum Gasteiger partial charge on any atom is 0.254 e. The lowest BCUT2D eigenvalue weighted by molar-refractivity contribution is -0.00451. The van der Waals surface area contributed by atoms with E-state index in [1.54, 1.807) is 7.11 Å². The summed E-state index contributed by atoms with van der Waals surface area (Å²) in [6, 6.07) is 7.46. The second-order valence-electron chi connectivity index (χ2n) is 7.35. The third kappa shape index (κ3) is 3.42. The zero-order valence-electron chi connectivity index (χ0n) is 15.0. The number of likely N-dealkylation sites (tertiary alicyclic amines) is 1. The molecular weight excluding hydrogens is 304 g/mol. The molecule has 5 heteroatoms. The smallest absolute Gasteiger partial charge is 0.254 e. The second kappa shape index (κ2) is 7.11. The van der Waals surface area contributed by atoms with Crippen LogP contribution in [0.3, 0.4) is 0 Å². The predicted molar refractivity (Wildman–Crippen MR) is 93.4 cm³/mol. The summed E-state index contributed by atoms with van der Waals surface area (Å²) < 4.78 is 10.8. The fourth-order valence-corrected chi connectivity index (χ4v) is 4.16. The van der Waals surface area contributed by atoms with E-state index in [-0.39, 0.29) is 11.3 Å². The normalized spacial score (nSPS) is 23.0. The molecule has 1 atom stereocenters. The number of methoxy groups -OCH3 is 1. The average Bonchev–Trinajstić information content (AvgIpc) is 2.92. The molecule has 3 rings (SSSR count). The van der Waals surface area contributed by atoms with Gasteiger partial charge in [-0.15, -0.1) is 0 Å². The van der Waals surface area contributed by atoms with E-state index >= 15 is 0 Å². The largest absolute Gasteiger partial charge is 0.497 e. The van der Waals surface area contributed by atoms with Crippen molar-refractivity contribution in [2.75, 3.05) is 54.1 Å². The van der Waals surface area contributed by atoms with Gasteiger partial charge in [-0.2, -0.15) is 0 Å². The van der Waals surface area contributed by atoms with E-state index in [4.69, 9.17) is 9.47 Å². The van der Waals surface area contributed by atoms with E-state index in [1.165, 1.54) is 0 Å². The van der Waals surface area contributed by atoms with Crippen molar-refractivity contribution in [3.63, 3.8) is 0 Å². The summed E-state index contributed by atoms with van der Waals surface area (Å²) in [7, 11) is 5.85. The van der Waals surface area contributed by atoms with Gasteiger partial charge < -0.3 is 19.3 Å². The summed E-state index contributed by atoms with van der Waals surface area (Å²) in [5, 5.41) is 0. The van der Waals surface area contributed by atoms with Gasteiger partial charge in [0.1, 0.15) is 5.75 Å². The molecule has 2 heterocycles. The number of hydrogen-bond acceptors (Lipinski definition) is 4. The first-order chi connectivity index (χ1) is 11.5. The SMILES string of the molecule is COc1cccc(C(=O)N2C[C@H](CN(C)C)C3(CCOCC3)C2)c1. The molecule has 1 aromatic carbocycles. The highest BCUT2D eigenvalue weighted by atomic mass is 16.5. The van der Waals surface area contributed by atoms with Gasteiger partial charge in [0.15, 0.2) is 0 Å². The summed E-state index contributed by atoms with van der Waals surface area (Å²) in [6.45, 7) is 4.30. The summed E-state index contributed by atoms with van der Waals surface area (Å²) in [4.78, 5) is 17.3. The van der Waals surface area contributed by atoms with Crippen molar-refractivity contribution in [2.24, 2.45) is 11.3 Å². The molecule has 0 radical (unpaired) electrons. The van der Waals surface area contributed by atoms with Gasteiger partial charge >= 0.3 is 0 Å². The molecule has 24 heavy (non-hydrogen) atoms.